The van der Waals surface area contributed by atoms with Crippen molar-refractivity contribution in [2.75, 3.05) is 28.4 Å². The molecule has 2 aromatic carbocycles. The minimum absolute atomic E-state index is 0.0204. The van der Waals surface area contributed by atoms with Crippen LogP contribution in [0.4, 0.5) is 0 Å². The fourth-order valence-electron chi connectivity index (χ4n) is 3.07. The van der Waals surface area contributed by atoms with Crippen LogP contribution < -0.4 is 9.47 Å². The Kier molecular flexibility index (Phi) is 6.72. The smallest absolute Gasteiger partial charge is 0.357 e. The van der Waals surface area contributed by atoms with Gasteiger partial charge in [-0.3, -0.25) is 0 Å². The third-order valence-electron chi connectivity index (χ3n) is 4.45. The number of esters is 2. The Balaban J connectivity index is 2.46. The molecule has 10 heteroatoms. The van der Waals surface area contributed by atoms with E-state index < -0.39 is 11.9 Å². The zero-order valence-corrected chi connectivity index (χ0v) is 18.6. The second-order valence-electron chi connectivity index (χ2n) is 6.09. The van der Waals surface area contributed by atoms with Crippen LogP contribution in [0.5, 0.6) is 11.5 Å². The van der Waals surface area contributed by atoms with E-state index in [1.165, 1.54) is 39.2 Å². The van der Waals surface area contributed by atoms with Crippen molar-refractivity contribution in [2.45, 2.75) is 0 Å². The molecule has 31 heavy (non-hydrogen) atoms. The minimum atomic E-state index is -0.820. The number of hydrogen-bond donors (Lipinski definition) is 0. The van der Waals surface area contributed by atoms with Gasteiger partial charge in [0.1, 0.15) is 11.3 Å². The average molecular weight is 465 g/mol. The van der Waals surface area contributed by atoms with Crippen molar-refractivity contribution in [3.8, 4) is 28.4 Å². The highest BCUT2D eigenvalue weighted by Crippen LogP contribution is 2.47. The molecule has 0 saturated heterocycles. The number of rotatable bonds is 6. The van der Waals surface area contributed by atoms with Crippen LogP contribution in [-0.2, 0) is 9.47 Å². The molecule has 0 aliphatic heterocycles. The molecule has 3 rings (SSSR count). The third kappa shape index (κ3) is 3.92. The Morgan fingerprint density at radius 3 is 2.13 bits per heavy atom. The van der Waals surface area contributed by atoms with Crippen LogP contribution in [-0.4, -0.2) is 50.2 Å². The van der Waals surface area contributed by atoms with Gasteiger partial charge in [-0.2, -0.15) is 5.10 Å². The summed E-state index contributed by atoms with van der Waals surface area (Å²) in [5.74, 6) is -1.14. The number of carbonyl (C=O) groups excluding carboxylic acids is 2. The molecular formula is C21H18Cl2N2O6. The van der Waals surface area contributed by atoms with Crippen LogP contribution in [0.2, 0.25) is 10.0 Å². The molecule has 1 heterocycles. The molecule has 0 bridgehead atoms. The molecule has 0 unspecified atom stereocenters. The van der Waals surface area contributed by atoms with Crippen molar-refractivity contribution >= 4 is 35.1 Å². The van der Waals surface area contributed by atoms with Crippen molar-refractivity contribution in [3.63, 3.8) is 0 Å². The lowest BCUT2D eigenvalue weighted by Crippen LogP contribution is -2.15. The first-order valence-electron chi connectivity index (χ1n) is 8.84. The number of aromatic nitrogens is 2. The van der Waals surface area contributed by atoms with Crippen LogP contribution >= 0.6 is 23.2 Å². The van der Waals surface area contributed by atoms with E-state index in [1.807, 2.05) is 0 Å². The van der Waals surface area contributed by atoms with E-state index in [9.17, 15) is 9.59 Å². The number of methoxy groups -OCH3 is 4. The van der Waals surface area contributed by atoms with Gasteiger partial charge in [0.05, 0.1) is 44.2 Å². The van der Waals surface area contributed by atoms with Crippen LogP contribution in [0.25, 0.3) is 16.9 Å². The highest BCUT2D eigenvalue weighted by Gasteiger charge is 2.34. The van der Waals surface area contributed by atoms with Gasteiger partial charge < -0.3 is 18.9 Å². The van der Waals surface area contributed by atoms with Crippen molar-refractivity contribution in [3.05, 3.63) is 57.7 Å². The fourth-order valence-corrected chi connectivity index (χ4v) is 3.76. The van der Waals surface area contributed by atoms with E-state index >= 15 is 0 Å². The average Bonchev–Trinajstić information content (AvgIpc) is 3.18. The highest BCUT2D eigenvalue weighted by atomic mass is 35.5. The number of nitrogens with zero attached hydrogens (tertiary/aromatic N) is 2. The summed E-state index contributed by atoms with van der Waals surface area (Å²) in [6.45, 7) is 0. The molecule has 162 valence electrons. The topological polar surface area (TPSA) is 88.9 Å². The van der Waals surface area contributed by atoms with Gasteiger partial charge in [-0.05, 0) is 12.1 Å². The van der Waals surface area contributed by atoms with Gasteiger partial charge in [-0.15, -0.1) is 0 Å². The Bertz CT molecular complexity index is 1140. The molecule has 0 spiro atoms. The summed E-state index contributed by atoms with van der Waals surface area (Å²) in [5.41, 5.74) is 0.395. The molecule has 3 aromatic rings. The van der Waals surface area contributed by atoms with Crippen molar-refractivity contribution in [1.29, 1.82) is 0 Å². The summed E-state index contributed by atoms with van der Waals surface area (Å²) in [5, 5.41) is 4.67. The molecule has 0 radical (unpaired) electrons. The maximum atomic E-state index is 12.8. The number of hydrogen-bond acceptors (Lipinski definition) is 7. The van der Waals surface area contributed by atoms with E-state index in [4.69, 9.17) is 42.1 Å². The van der Waals surface area contributed by atoms with E-state index in [1.54, 1.807) is 30.3 Å². The summed E-state index contributed by atoms with van der Waals surface area (Å²) in [6, 6.07) is 10.2. The summed E-state index contributed by atoms with van der Waals surface area (Å²) in [7, 11) is 5.22. The normalized spacial score (nSPS) is 10.5. The molecule has 0 N–H and O–H groups in total. The second kappa shape index (κ2) is 9.28. The molecule has 0 aliphatic carbocycles. The summed E-state index contributed by atoms with van der Waals surface area (Å²) in [4.78, 5) is 25.5. The largest absolute Gasteiger partial charge is 0.493 e. The third-order valence-corrected chi connectivity index (χ3v) is 5.11. The number of halogens is 2. The molecule has 1 aromatic heterocycles. The van der Waals surface area contributed by atoms with E-state index in [2.05, 4.69) is 5.10 Å². The van der Waals surface area contributed by atoms with Gasteiger partial charge in [0.25, 0.3) is 0 Å². The predicted molar refractivity (Wildman–Crippen MR) is 115 cm³/mol. The Hall–Kier alpha value is -3.23. The Morgan fingerprint density at radius 2 is 1.58 bits per heavy atom. The van der Waals surface area contributed by atoms with Crippen molar-refractivity contribution in [2.24, 2.45) is 0 Å². The number of benzene rings is 2. The number of para-hydroxylation sites is 1. The second-order valence-corrected chi connectivity index (χ2v) is 6.87. The molecular weight excluding hydrogens is 447 g/mol. The lowest BCUT2D eigenvalue weighted by atomic mass is 10.0. The lowest BCUT2D eigenvalue weighted by molar-refractivity contribution is 0.0549. The van der Waals surface area contributed by atoms with Gasteiger partial charge >= 0.3 is 11.9 Å². The maximum absolute atomic E-state index is 12.8. The fraction of sp³-hybridized carbons (Fsp3) is 0.190. The molecule has 0 atom stereocenters. The Labute approximate surface area is 188 Å². The van der Waals surface area contributed by atoms with Gasteiger partial charge in [-0.1, -0.05) is 41.4 Å². The monoisotopic (exact) mass is 464 g/mol. The first kappa shape index (κ1) is 22.5. The first-order valence-corrected chi connectivity index (χ1v) is 9.60. The zero-order valence-electron chi connectivity index (χ0n) is 17.1. The SMILES string of the molecule is COC(=O)c1c(-c2c(Cl)cc(OC)c(OC)c2Cl)nn(-c2ccccc2)c1C(=O)OC. The van der Waals surface area contributed by atoms with Gasteiger partial charge in [-0.25, -0.2) is 14.3 Å². The lowest BCUT2D eigenvalue weighted by Gasteiger charge is -2.14. The maximum Gasteiger partial charge on any atom is 0.357 e. The quantitative estimate of drug-likeness (QED) is 0.498. The summed E-state index contributed by atoms with van der Waals surface area (Å²) in [6.07, 6.45) is 0. The summed E-state index contributed by atoms with van der Waals surface area (Å²) >= 11 is 13.0. The van der Waals surface area contributed by atoms with Crippen LogP contribution in [0.3, 0.4) is 0 Å². The standard InChI is InChI=1S/C21H18Cl2N2O6/c1-28-13-10-12(22)14(16(23)19(13)29-2)17-15(20(26)30-3)18(21(27)31-4)25(24-17)11-8-6-5-7-9-11/h5-10H,1-4H3. The number of ether oxygens (including phenoxy) is 4. The van der Waals surface area contributed by atoms with Crippen LogP contribution in [0.1, 0.15) is 20.8 Å². The van der Waals surface area contributed by atoms with Gasteiger partial charge in [0.2, 0.25) is 0 Å². The molecule has 0 saturated carbocycles. The van der Waals surface area contributed by atoms with Gasteiger partial charge in [0, 0.05) is 11.6 Å². The molecule has 0 fully saturated rings. The minimum Gasteiger partial charge on any atom is -0.493 e. The van der Waals surface area contributed by atoms with E-state index in [0.717, 1.165) is 0 Å². The number of carbonyl (C=O) groups is 2. The van der Waals surface area contributed by atoms with Crippen molar-refractivity contribution in [1.82, 2.24) is 9.78 Å². The molecule has 0 aliphatic rings. The zero-order chi connectivity index (χ0) is 22.7. The van der Waals surface area contributed by atoms with E-state index in [-0.39, 0.29) is 44.1 Å². The molecule has 8 nitrogen and oxygen atoms in total. The Morgan fingerprint density at radius 1 is 0.935 bits per heavy atom. The highest BCUT2D eigenvalue weighted by molar-refractivity contribution is 6.40. The van der Waals surface area contributed by atoms with E-state index in [0.29, 0.717) is 5.69 Å². The predicted octanol–water partition coefficient (Wildman–Crippen LogP) is 4.44. The van der Waals surface area contributed by atoms with Crippen molar-refractivity contribution < 1.29 is 28.5 Å². The molecule has 0 amide bonds. The van der Waals surface area contributed by atoms with Crippen LogP contribution in [0.15, 0.2) is 36.4 Å². The summed E-state index contributed by atoms with van der Waals surface area (Å²) < 4.78 is 21.7. The van der Waals surface area contributed by atoms with Gasteiger partial charge in [0.15, 0.2) is 17.2 Å². The van der Waals surface area contributed by atoms with Crippen LogP contribution in [0, 0.1) is 0 Å². The first-order chi connectivity index (χ1) is 14.9.